The van der Waals surface area contributed by atoms with Crippen LogP contribution in [0.3, 0.4) is 0 Å². The molecule has 59 heavy (non-hydrogen) atoms. The van der Waals surface area contributed by atoms with Crippen LogP contribution in [-0.2, 0) is 25.4 Å². The zero-order valence-corrected chi connectivity index (χ0v) is 32.3. The zero-order chi connectivity index (χ0) is 43.0. The molecule has 15 atom stereocenters. The van der Waals surface area contributed by atoms with E-state index in [2.05, 4.69) is 0 Å². The van der Waals surface area contributed by atoms with E-state index >= 15 is 0 Å². The largest absolute Gasteiger partial charge is 0.507 e. The van der Waals surface area contributed by atoms with Gasteiger partial charge in [-0.15, -0.1) is 0 Å². The van der Waals surface area contributed by atoms with Crippen molar-refractivity contribution in [1.82, 2.24) is 0 Å². The average Bonchev–Trinajstić information content (AvgIpc) is 3.21. The molecule has 0 spiro atoms. The quantitative estimate of drug-likeness (QED) is 0.0870. The molecule has 3 aromatic rings. The minimum Gasteiger partial charge on any atom is -0.507 e. The lowest BCUT2D eigenvalue weighted by atomic mass is 9.97. The van der Waals surface area contributed by atoms with Crippen LogP contribution in [0.2, 0.25) is 0 Å². The van der Waals surface area contributed by atoms with E-state index in [1.165, 1.54) is 26.2 Å². The van der Waals surface area contributed by atoms with Crippen LogP contribution in [0.15, 0.2) is 51.2 Å². The van der Waals surface area contributed by atoms with Gasteiger partial charge in [0.15, 0.2) is 12.1 Å². The molecule has 3 aliphatic heterocycles. The van der Waals surface area contributed by atoms with Crippen LogP contribution < -0.4 is 19.6 Å². The highest BCUT2D eigenvalue weighted by molar-refractivity contribution is 5.91. The van der Waals surface area contributed by atoms with E-state index < -0.39 is 128 Å². The SMILES string of the molecule is COc1ccc(-c2oc3c(CC=C(C)C)c(O[C@@H]4O[C@H](CO)[C@@H](O)[C@H](O)[C@H]4O)cc(O)c3c(=O)c2O[C@@H]2O[C@@H](C)[C@H](O)[C@@H](O[C@@H]3O[C@H](CO)[C@@H](O)[C@H](O)[C@H]3O)[C@H]2O)cc1. The molecule has 0 amide bonds. The lowest BCUT2D eigenvalue weighted by Crippen LogP contribution is -2.64. The summed E-state index contributed by atoms with van der Waals surface area (Å²) in [6.45, 7) is 3.48. The number of allylic oxidation sites excluding steroid dienone is 2. The van der Waals surface area contributed by atoms with Gasteiger partial charge in [0.05, 0.1) is 26.4 Å². The summed E-state index contributed by atoms with van der Waals surface area (Å²) in [5, 5.41) is 116. The second kappa shape index (κ2) is 18.3. The number of aromatic hydroxyl groups is 1. The maximum atomic E-state index is 14.6. The summed E-state index contributed by atoms with van der Waals surface area (Å²) >= 11 is 0. The molecule has 0 unspecified atom stereocenters. The molecule has 0 bridgehead atoms. The number of phenols is 1. The second-order valence-electron chi connectivity index (χ2n) is 14.8. The van der Waals surface area contributed by atoms with Crippen molar-refractivity contribution in [3.05, 3.63) is 57.8 Å². The fourth-order valence-electron chi connectivity index (χ4n) is 7.00. The van der Waals surface area contributed by atoms with Gasteiger partial charge in [-0.1, -0.05) is 11.6 Å². The predicted molar refractivity (Wildman–Crippen MR) is 199 cm³/mol. The molecule has 0 saturated carbocycles. The van der Waals surface area contributed by atoms with Crippen molar-refractivity contribution in [2.45, 2.75) is 119 Å². The molecular weight excluding hydrogens is 788 g/mol. The van der Waals surface area contributed by atoms with Crippen LogP contribution >= 0.6 is 0 Å². The predicted octanol–water partition coefficient (Wildman–Crippen LogP) is -2.11. The summed E-state index contributed by atoms with van der Waals surface area (Å²) in [5.74, 6) is -1.30. The maximum Gasteiger partial charge on any atom is 0.239 e. The van der Waals surface area contributed by atoms with E-state index in [1.807, 2.05) is 0 Å². The maximum absolute atomic E-state index is 14.6. The summed E-state index contributed by atoms with van der Waals surface area (Å²) in [5.41, 5.74) is -0.00688. The Labute approximate surface area is 336 Å². The average molecular weight is 839 g/mol. The Kier molecular flexibility index (Phi) is 13.9. The van der Waals surface area contributed by atoms with E-state index in [-0.39, 0.29) is 34.6 Å². The molecule has 11 N–H and O–H groups in total. The van der Waals surface area contributed by atoms with E-state index in [0.717, 1.165) is 11.6 Å². The Balaban J connectivity index is 1.45. The van der Waals surface area contributed by atoms with Gasteiger partial charge in [-0.3, -0.25) is 4.79 Å². The van der Waals surface area contributed by atoms with Crippen molar-refractivity contribution in [2.75, 3.05) is 20.3 Å². The smallest absolute Gasteiger partial charge is 0.239 e. The molecule has 0 aliphatic carbocycles. The molecule has 2 aromatic carbocycles. The van der Waals surface area contributed by atoms with Gasteiger partial charge in [-0.05, 0) is 51.5 Å². The Morgan fingerprint density at radius 3 is 1.90 bits per heavy atom. The minimum atomic E-state index is -1.96. The van der Waals surface area contributed by atoms with Crippen molar-refractivity contribution in [2.24, 2.45) is 0 Å². The van der Waals surface area contributed by atoms with Crippen molar-refractivity contribution in [3.8, 4) is 34.3 Å². The molecule has 1 aromatic heterocycles. The molecule has 326 valence electrons. The summed E-state index contributed by atoms with van der Waals surface area (Å²) in [6.07, 6.45) is -23.4. The van der Waals surface area contributed by atoms with Crippen molar-refractivity contribution in [1.29, 1.82) is 0 Å². The molecule has 20 nitrogen and oxygen atoms in total. The highest BCUT2D eigenvalue weighted by Gasteiger charge is 2.51. The van der Waals surface area contributed by atoms with Gasteiger partial charge in [0.2, 0.25) is 23.8 Å². The topological polar surface area (TPSA) is 317 Å². The number of methoxy groups -OCH3 is 1. The second-order valence-corrected chi connectivity index (χ2v) is 14.8. The van der Waals surface area contributed by atoms with Crippen LogP contribution in [-0.4, -0.2) is 169 Å². The minimum absolute atomic E-state index is 0.00783. The summed E-state index contributed by atoms with van der Waals surface area (Å²) in [7, 11) is 1.44. The van der Waals surface area contributed by atoms with Gasteiger partial charge in [0.1, 0.15) is 95.4 Å². The number of rotatable bonds is 12. The first-order chi connectivity index (χ1) is 28.0. The third kappa shape index (κ3) is 8.79. The van der Waals surface area contributed by atoms with E-state index in [0.29, 0.717) is 5.75 Å². The number of hydrogen-bond donors (Lipinski definition) is 11. The molecular formula is C39H50O20. The monoisotopic (exact) mass is 838 g/mol. The van der Waals surface area contributed by atoms with Gasteiger partial charge >= 0.3 is 0 Å². The summed E-state index contributed by atoms with van der Waals surface area (Å²) in [4.78, 5) is 14.6. The molecule has 3 aliphatic rings. The molecule has 20 heteroatoms. The number of hydrogen-bond acceptors (Lipinski definition) is 20. The van der Waals surface area contributed by atoms with Gasteiger partial charge < -0.3 is 93.7 Å². The fraction of sp³-hybridized carbons (Fsp3) is 0.564. The van der Waals surface area contributed by atoms with Crippen molar-refractivity contribution < 1.29 is 93.7 Å². The standard InChI is InChI=1S/C39H50O20/c1-14(2)5-10-18-20(54-37-30(49)28(47)25(44)21(12-40)55-37)11-19(42)23-27(46)36(33(57-34(18)23)16-6-8-17(52-4)9-7-16)59-39-32(51)35(24(43)15(3)53-39)58-38-31(50)29(48)26(45)22(13-41)56-38/h5-9,11,15,21-22,24-26,28-32,35,37-45,47-51H,10,12-13H2,1-4H3/t15-,21+,22+,24-,25+,26+,28-,29-,30+,31+,32+,35+,37+,38-,39-/m0/s1. The Hall–Kier alpha value is -3.97. The molecule has 0 radical (unpaired) electrons. The number of ether oxygens (including phenoxy) is 7. The highest BCUT2D eigenvalue weighted by atomic mass is 16.7. The number of phenolic OH excluding ortho intramolecular Hbond substituents is 1. The van der Waals surface area contributed by atoms with Gasteiger partial charge in [-0.2, -0.15) is 0 Å². The van der Waals surface area contributed by atoms with Gasteiger partial charge in [0.25, 0.3) is 0 Å². The van der Waals surface area contributed by atoms with Gasteiger partial charge in [0, 0.05) is 17.2 Å². The Morgan fingerprint density at radius 1 is 0.746 bits per heavy atom. The third-order valence-electron chi connectivity index (χ3n) is 10.5. The summed E-state index contributed by atoms with van der Waals surface area (Å²) in [6, 6.07) is 7.20. The van der Waals surface area contributed by atoms with E-state index in [1.54, 1.807) is 32.1 Å². The number of benzene rings is 2. The molecule has 4 heterocycles. The lowest BCUT2D eigenvalue weighted by molar-refractivity contribution is -0.350. The first-order valence-corrected chi connectivity index (χ1v) is 18.8. The molecule has 6 rings (SSSR count). The number of aliphatic hydroxyl groups excluding tert-OH is 10. The number of fused-ring (bicyclic) bond motifs is 1. The Morgan fingerprint density at radius 2 is 1.32 bits per heavy atom. The first kappa shape index (κ1) is 44.6. The molecule has 3 saturated heterocycles. The Bertz CT molecular complexity index is 1990. The van der Waals surface area contributed by atoms with Crippen LogP contribution in [0.1, 0.15) is 26.3 Å². The number of aliphatic hydroxyl groups is 10. The van der Waals surface area contributed by atoms with Crippen LogP contribution in [0.5, 0.6) is 23.0 Å². The normalized spacial score (nSPS) is 35.0. The highest BCUT2D eigenvalue weighted by Crippen LogP contribution is 2.42. The van der Waals surface area contributed by atoms with Crippen LogP contribution in [0.4, 0.5) is 0 Å². The van der Waals surface area contributed by atoms with E-state index in [9.17, 15) is 61.0 Å². The van der Waals surface area contributed by atoms with Crippen LogP contribution in [0.25, 0.3) is 22.3 Å². The van der Waals surface area contributed by atoms with Gasteiger partial charge in [-0.25, -0.2) is 0 Å². The fourth-order valence-corrected chi connectivity index (χ4v) is 7.00. The molecule has 3 fully saturated rings. The van der Waals surface area contributed by atoms with Crippen molar-refractivity contribution >= 4 is 11.0 Å². The summed E-state index contributed by atoms with van der Waals surface area (Å²) < 4.78 is 46.2. The van der Waals surface area contributed by atoms with Crippen LogP contribution in [0, 0.1) is 0 Å². The zero-order valence-electron chi connectivity index (χ0n) is 32.3. The van der Waals surface area contributed by atoms with E-state index in [4.69, 9.17) is 37.6 Å². The first-order valence-electron chi connectivity index (χ1n) is 18.8. The van der Waals surface area contributed by atoms with Crippen molar-refractivity contribution in [3.63, 3.8) is 0 Å². The third-order valence-corrected chi connectivity index (χ3v) is 10.5. The lowest BCUT2D eigenvalue weighted by Gasteiger charge is -2.45.